The van der Waals surface area contributed by atoms with Crippen LogP contribution < -0.4 is 10.5 Å². The van der Waals surface area contributed by atoms with E-state index in [-0.39, 0.29) is 17.0 Å². The van der Waals surface area contributed by atoms with Gasteiger partial charge in [0.2, 0.25) is 10.0 Å². The molecule has 1 aromatic carbocycles. The number of sulfonamides is 1. The van der Waals surface area contributed by atoms with Crippen molar-refractivity contribution in [3.8, 4) is 0 Å². The highest BCUT2D eigenvalue weighted by Gasteiger charge is 2.21. The van der Waals surface area contributed by atoms with E-state index >= 15 is 0 Å². The Morgan fingerprint density at radius 3 is 2.60 bits per heavy atom. The van der Waals surface area contributed by atoms with Crippen LogP contribution in [0.5, 0.6) is 0 Å². The summed E-state index contributed by atoms with van der Waals surface area (Å²) in [5, 5.41) is 0. The predicted molar refractivity (Wildman–Crippen MR) is 81.3 cm³/mol. The molecule has 114 valence electrons. The molecular formula is C13H20BrFN2O2S. The number of rotatable bonds is 8. The Morgan fingerprint density at radius 1 is 1.30 bits per heavy atom. The van der Waals surface area contributed by atoms with Crippen molar-refractivity contribution in [2.45, 2.75) is 44.0 Å². The van der Waals surface area contributed by atoms with E-state index in [9.17, 15) is 12.8 Å². The number of unbranched alkanes of at least 4 members (excludes halogenated alkanes) is 3. The quantitative estimate of drug-likeness (QED) is 0.694. The van der Waals surface area contributed by atoms with Gasteiger partial charge in [0.05, 0.1) is 0 Å². The molecule has 0 atom stereocenters. The largest absolute Gasteiger partial charge is 0.326 e. The van der Waals surface area contributed by atoms with E-state index in [0.29, 0.717) is 11.0 Å². The van der Waals surface area contributed by atoms with E-state index in [1.807, 2.05) is 0 Å². The summed E-state index contributed by atoms with van der Waals surface area (Å²) in [5.74, 6) is -0.781. The lowest BCUT2D eigenvalue weighted by atomic mass is 10.2. The molecule has 7 heteroatoms. The van der Waals surface area contributed by atoms with E-state index < -0.39 is 15.8 Å². The summed E-state index contributed by atoms with van der Waals surface area (Å²) in [6, 6.07) is 2.73. The van der Waals surface area contributed by atoms with Crippen LogP contribution in [0, 0.1) is 5.82 Å². The number of hydrogen-bond acceptors (Lipinski definition) is 3. The highest BCUT2D eigenvalue weighted by atomic mass is 79.9. The second kappa shape index (κ2) is 8.07. The SMILES string of the molecule is CCCCCCNS(=O)(=O)c1cc(Br)cc(CN)c1F. The zero-order valence-corrected chi connectivity index (χ0v) is 13.9. The molecule has 0 aliphatic rings. The van der Waals surface area contributed by atoms with E-state index in [1.54, 1.807) is 0 Å². The molecule has 0 aliphatic carbocycles. The molecule has 0 unspecified atom stereocenters. The van der Waals surface area contributed by atoms with Crippen LogP contribution in [0.4, 0.5) is 4.39 Å². The minimum atomic E-state index is -3.84. The number of hydrogen-bond donors (Lipinski definition) is 2. The van der Waals surface area contributed by atoms with Crippen LogP contribution in [0.25, 0.3) is 0 Å². The van der Waals surface area contributed by atoms with Crippen LogP contribution in [-0.2, 0) is 16.6 Å². The van der Waals surface area contributed by atoms with Gasteiger partial charge in [0.25, 0.3) is 0 Å². The fraction of sp³-hybridized carbons (Fsp3) is 0.538. The van der Waals surface area contributed by atoms with Gasteiger partial charge < -0.3 is 5.73 Å². The smallest absolute Gasteiger partial charge is 0.243 e. The fourth-order valence-corrected chi connectivity index (χ4v) is 3.67. The van der Waals surface area contributed by atoms with Gasteiger partial charge in [0, 0.05) is 23.1 Å². The predicted octanol–water partition coefficient (Wildman–Crippen LogP) is 2.91. The molecule has 0 saturated heterocycles. The molecule has 4 nitrogen and oxygen atoms in total. The van der Waals surface area contributed by atoms with Gasteiger partial charge in [-0.1, -0.05) is 42.1 Å². The van der Waals surface area contributed by atoms with Crippen LogP contribution in [0.3, 0.4) is 0 Å². The van der Waals surface area contributed by atoms with Crippen LogP contribution in [0.1, 0.15) is 38.2 Å². The number of benzene rings is 1. The first-order chi connectivity index (χ1) is 9.42. The summed E-state index contributed by atoms with van der Waals surface area (Å²) < 4.78 is 41.2. The third-order valence-electron chi connectivity index (χ3n) is 2.91. The zero-order chi connectivity index (χ0) is 15.2. The molecule has 0 radical (unpaired) electrons. The van der Waals surface area contributed by atoms with Gasteiger partial charge in [-0.3, -0.25) is 0 Å². The third-order valence-corrected chi connectivity index (χ3v) is 4.83. The van der Waals surface area contributed by atoms with Crippen molar-refractivity contribution in [1.29, 1.82) is 0 Å². The van der Waals surface area contributed by atoms with Gasteiger partial charge in [0.15, 0.2) is 0 Å². The topological polar surface area (TPSA) is 72.2 Å². The molecule has 1 aromatic rings. The molecule has 3 N–H and O–H groups in total. The second-order valence-corrected chi connectivity index (χ2v) is 7.19. The summed E-state index contributed by atoms with van der Waals surface area (Å²) in [4.78, 5) is -0.359. The average molecular weight is 367 g/mol. The van der Waals surface area contributed by atoms with E-state index in [1.165, 1.54) is 12.1 Å². The van der Waals surface area contributed by atoms with E-state index in [4.69, 9.17) is 5.73 Å². The summed E-state index contributed by atoms with van der Waals surface area (Å²) in [6.45, 7) is 2.34. The molecular weight excluding hydrogens is 347 g/mol. The summed E-state index contributed by atoms with van der Waals surface area (Å²) in [6.07, 6.45) is 3.83. The van der Waals surface area contributed by atoms with Gasteiger partial charge in [-0.25, -0.2) is 17.5 Å². The summed E-state index contributed by atoms with van der Waals surface area (Å²) in [5.41, 5.74) is 5.58. The van der Waals surface area contributed by atoms with Gasteiger partial charge in [-0.05, 0) is 18.6 Å². The third kappa shape index (κ3) is 4.80. The molecule has 0 amide bonds. The molecule has 20 heavy (non-hydrogen) atoms. The Labute approximate surface area is 128 Å². The van der Waals surface area contributed by atoms with Crippen LogP contribution >= 0.6 is 15.9 Å². The van der Waals surface area contributed by atoms with Crippen molar-refractivity contribution in [2.75, 3.05) is 6.54 Å². The first kappa shape index (κ1) is 17.6. The molecule has 0 spiro atoms. The summed E-state index contributed by atoms with van der Waals surface area (Å²) >= 11 is 3.17. The lowest BCUT2D eigenvalue weighted by molar-refractivity contribution is 0.546. The fourth-order valence-electron chi connectivity index (χ4n) is 1.80. The molecule has 0 heterocycles. The first-order valence-corrected chi connectivity index (χ1v) is 8.87. The van der Waals surface area contributed by atoms with E-state index in [2.05, 4.69) is 27.6 Å². The highest BCUT2D eigenvalue weighted by Crippen LogP contribution is 2.23. The van der Waals surface area contributed by atoms with Gasteiger partial charge >= 0.3 is 0 Å². The van der Waals surface area contributed by atoms with Crippen molar-refractivity contribution < 1.29 is 12.8 Å². The number of nitrogens with two attached hydrogens (primary N) is 1. The van der Waals surface area contributed by atoms with Crippen molar-refractivity contribution in [1.82, 2.24) is 4.72 Å². The van der Waals surface area contributed by atoms with Crippen molar-refractivity contribution in [3.63, 3.8) is 0 Å². The molecule has 0 saturated carbocycles. The molecule has 1 rings (SSSR count). The average Bonchev–Trinajstić information content (AvgIpc) is 2.40. The van der Waals surface area contributed by atoms with Gasteiger partial charge in [-0.2, -0.15) is 0 Å². The number of halogens is 2. The van der Waals surface area contributed by atoms with Crippen LogP contribution in [-0.4, -0.2) is 15.0 Å². The Kier molecular flexibility index (Phi) is 7.08. The lowest BCUT2D eigenvalue weighted by Crippen LogP contribution is -2.26. The standard InChI is InChI=1S/C13H20BrFN2O2S/c1-2-3-4-5-6-17-20(18,19)12-8-11(14)7-10(9-16)13(12)15/h7-8,17H,2-6,9,16H2,1H3. The lowest BCUT2D eigenvalue weighted by Gasteiger charge is -2.10. The van der Waals surface area contributed by atoms with Crippen LogP contribution in [0.2, 0.25) is 0 Å². The van der Waals surface area contributed by atoms with E-state index in [0.717, 1.165) is 25.7 Å². The Morgan fingerprint density at radius 2 is 2.00 bits per heavy atom. The first-order valence-electron chi connectivity index (χ1n) is 6.60. The normalized spacial score (nSPS) is 11.8. The molecule has 0 aliphatic heterocycles. The monoisotopic (exact) mass is 366 g/mol. The van der Waals surface area contributed by atoms with Crippen molar-refractivity contribution >= 4 is 26.0 Å². The molecule has 0 fully saturated rings. The Balaban J connectivity index is 2.84. The maximum atomic E-state index is 14.1. The van der Waals surface area contributed by atoms with Gasteiger partial charge in [-0.15, -0.1) is 0 Å². The Bertz CT molecular complexity index is 550. The second-order valence-electron chi connectivity index (χ2n) is 4.54. The van der Waals surface area contributed by atoms with Crippen molar-refractivity contribution in [2.24, 2.45) is 5.73 Å². The molecule has 0 aromatic heterocycles. The maximum absolute atomic E-state index is 14.1. The van der Waals surface area contributed by atoms with Crippen LogP contribution in [0.15, 0.2) is 21.5 Å². The highest BCUT2D eigenvalue weighted by molar-refractivity contribution is 9.10. The zero-order valence-electron chi connectivity index (χ0n) is 11.5. The van der Waals surface area contributed by atoms with Crippen molar-refractivity contribution in [3.05, 3.63) is 28.0 Å². The maximum Gasteiger partial charge on any atom is 0.243 e. The Hall–Kier alpha value is -0.500. The minimum absolute atomic E-state index is 0.0513. The number of nitrogens with one attached hydrogen (secondary N) is 1. The summed E-state index contributed by atoms with van der Waals surface area (Å²) in [7, 11) is -3.84. The molecule has 0 bridgehead atoms. The minimum Gasteiger partial charge on any atom is -0.326 e. The van der Waals surface area contributed by atoms with Gasteiger partial charge in [0.1, 0.15) is 10.7 Å².